The first-order chi connectivity index (χ1) is 13.5. The molecule has 6 heteroatoms. The second-order valence-electron chi connectivity index (χ2n) is 6.59. The highest BCUT2D eigenvalue weighted by molar-refractivity contribution is 5.89. The number of methoxy groups -OCH3 is 2. The monoisotopic (exact) mass is 379 g/mol. The molecule has 0 fully saturated rings. The third kappa shape index (κ3) is 4.23. The average Bonchev–Trinajstić information content (AvgIpc) is 3.13. The van der Waals surface area contributed by atoms with Crippen molar-refractivity contribution in [3.05, 3.63) is 77.1 Å². The van der Waals surface area contributed by atoms with Crippen molar-refractivity contribution in [2.45, 2.75) is 26.4 Å². The van der Waals surface area contributed by atoms with E-state index in [0.717, 1.165) is 28.3 Å². The smallest absolute Gasteiger partial charge is 0.337 e. The lowest BCUT2D eigenvalue weighted by Gasteiger charge is -2.14. The van der Waals surface area contributed by atoms with Crippen LogP contribution in [0.5, 0.6) is 5.75 Å². The lowest BCUT2D eigenvalue weighted by atomic mass is 10.1. The highest BCUT2D eigenvalue weighted by Crippen LogP contribution is 2.22. The van der Waals surface area contributed by atoms with Crippen LogP contribution in [0.2, 0.25) is 0 Å². The normalized spacial score (nSPS) is 11.9. The summed E-state index contributed by atoms with van der Waals surface area (Å²) >= 11 is 0. The third-order valence-corrected chi connectivity index (χ3v) is 4.82. The number of nitrogens with zero attached hydrogens (tertiary/aromatic N) is 2. The molecule has 0 spiro atoms. The first-order valence-corrected chi connectivity index (χ1v) is 9.13. The maximum atomic E-state index is 11.5. The van der Waals surface area contributed by atoms with E-state index in [2.05, 4.69) is 24.3 Å². The van der Waals surface area contributed by atoms with Gasteiger partial charge in [-0.1, -0.05) is 12.1 Å². The van der Waals surface area contributed by atoms with Crippen molar-refractivity contribution >= 4 is 5.97 Å². The Morgan fingerprint density at radius 1 is 1.11 bits per heavy atom. The number of rotatable bonds is 7. The molecule has 0 amide bonds. The van der Waals surface area contributed by atoms with Gasteiger partial charge in [-0.2, -0.15) is 5.10 Å². The van der Waals surface area contributed by atoms with E-state index in [1.807, 2.05) is 47.3 Å². The van der Waals surface area contributed by atoms with Crippen molar-refractivity contribution in [2.75, 3.05) is 14.2 Å². The van der Waals surface area contributed by atoms with E-state index in [4.69, 9.17) is 9.47 Å². The Kier molecular flexibility index (Phi) is 6.11. The molecular formula is C22H25N3O3. The molecule has 0 saturated heterocycles. The maximum Gasteiger partial charge on any atom is 0.337 e. The first kappa shape index (κ1) is 19.6. The van der Waals surface area contributed by atoms with Gasteiger partial charge in [-0.15, -0.1) is 0 Å². The Balaban J connectivity index is 1.67. The Morgan fingerprint density at radius 2 is 1.79 bits per heavy atom. The van der Waals surface area contributed by atoms with Crippen LogP contribution in [0.3, 0.4) is 0 Å². The Morgan fingerprint density at radius 3 is 2.39 bits per heavy atom. The molecule has 0 aliphatic carbocycles. The molecule has 0 saturated carbocycles. The van der Waals surface area contributed by atoms with Gasteiger partial charge in [0.2, 0.25) is 0 Å². The van der Waals surface area contributed by atoms with Gasteiger partial charge in [-0.05, 0) is 55.8 Å². The van der Waals surface area contributed by atoms with Crippen molar-refractivity contribution in [1.29, 1.82) is 0 Å². The lowest BCUT2D eigenvalue weighted by molar-refractivity contribution is 0.0600. The van der Waals surface area contributed by atoms with E-state index in [1.165, 1.54) is 7.11 Å². The van der Waals surface area contributed by atoms with Gasteiger partial charge in [0.15, 0.2) is 0 Å². The predicted octanol–water partition coefficient (Wildman–Crippen LogP) is 3.83. The summed E-state index contributed by atoms with van der Waals surface area (Å²) in [6.07, 6.45) is 1.90. The van der Waals surface area contributed by atoms with Crippen LogP contribution in [0.25, 0.3) is 5.69 Å². The molecule has 1 aromatic heterocycles. The fourth-order valence-corrected chi connectivity index (χ4v) is 3.09. The fraction of sp³-hybridized carbons (Fsp3) is 0.273. The van der Waals surface area contributed by atoms with E-state index in [9.17, 15) is 4.79 Å². The van der Waals surface area contributed by atoms with Crippen LogP contribution in [0.1, 0.15) is 40.1 Å². The Hall–Kier alpha value is -3.12. The summed E-state index contributed by atoms with van der Waals surface area (Å²) in [5.74, 6) is 0.497. The number of nitrogens with one attached hydrogen (secondary N) is 1. The van der Waals surface area contributed by atoms with Crippen LogP contribution in [-0.4, -0.2) is 30.0 Å². The second-order valence-corrected chi connectivity index (χ2v) is 6.59. The molecule has 3 aromatic rings. The number of carbonyl (C=O) groups excluding carboxylic acids is 1. The van der Waals surface area contributed by atoms with Crippen molar-refractivity contribution < 1.29 is 14.3 Å². The molecule has 0 bridgehead atoms. The molecule has 3 rings (SSSR count). The van der Waals surface area contributed by atoms with Gasteiger partial charge in [-0.3, -0.25) is 0 Å². The summed E-state index contributed by atoms with van der Waals surface area (Å²) in [4.78, 5) is 11.5. The van der Waals surface area contributed by atoms with Crippen LogP contribution in [-0.2, 0) is 11.3 Å². The van der Waals surface area contributed by atoms with Crippen LogP contribution >= 0.6 is 0 Å². The zero-order valence-electron chi connectivity index (χ0n) is 16.6. The summed E-state index contributed by atoms with van der Waals surface area (Å²) in [5, 5.41) is 8.05. The Bertz CT molecular complexity index is 931. The molecule has 1 N–H and O–H groups in total. The molecule has 1 atom stereocenters. The minimum absolute atomic E-state index is 0.132. The molecule has 146 valence electrons. The molecule has 0 radical (unpaired) electrons. The van der Waals surface area contributed by atoms with E-state index < -0.39 is 0 Å². The minimum atomic E-state index is -0.325. The highest BCUT2D eigenvalue weighted by Gasteiger charge is 2.14. The third-order valence-electron chi connectivity index (χ3n) is 4.82. The first-order valence-electron chi connectivity index (χ1n) is 9.13. The van der Waals surface area contributed by atoms with E-state index in [1.54, 1.807) is 19.2 Å². The summed E-state index contributed by atoms with van der Waals surface area (Å²) in [7, 11) is 3.04. The zero-order chi connectivity index (χ0) is 20.1. The van der Waals surface area contributed by atoms with Gasteiger partial charge >= 0.3 is 5.97 Å². The number of aromatic nitrogens is 2. The molecule has 0 aliphatic heterocycles. The number of carbonyl (C=O) groups is 1. The molecule has 28 heavy (non-hydrogen) atoms. The fourth-order valence-electron chi connectivity index (χ4n) is 3.09. The second kappa shape index (κ2) is 8.71. The van der Waals surface area contributed by atoms with Crippen molar-refractivity contribution in [3.8, 4) is 11.4 Å². The standard InChI is InChI=1S/C22H25N3O3/c1-15(23-13-17-5-7-18(8-6-17)22(26)28-4)21-14-24-25(16(21)2)19-9-11-20(27-3)12-10-19/h5-12,14-15,23H,13H2,1-4H3/t15-/m1/s1. The SMILES string of the molecule is COC(=O)c1ccc(CN[C@H](C)c2cnn(-c3ccc(OC)cc3)c2C)cc1. The molecular weight excluding hydrogens is 354 g/mol. The van der Waals surface area contributed by atoms with Gasteiger partial charge in [0, 0.05) is 23.8 Å². The quantitative estimate of drug-likeness (QED) is 0.632. The van der Waals surface area contributed by atoms with Gasteiger partial charge in [-0.25, -0.2) is 9.48 Å². The molecule has 0 aliphatic rings. The number of hydrogen-bond acceptors (Lipinski definition) is 5. The number of esters is 1. The summed E-state index contributed by atoms with van der Waals surface area (Å²) in [6, 6.07) is 15.4. The molecule has 1 heterocycles. The van der Waals surface area contributed by atoms with E-state index >= 15 is 0 Å². The van der Waals surface area contributed by atoms with Crippen LogP contribution < -0.4 is 10.1 Å². The van der Waals surface area contributed by atoms with Crippen molar-refractivity contribution in [3.63, 3.8) is 0 Å². The van der Waals surface area contributed by atoms with Gasteiger partial charge < -0.3 is 14.8 Å². The number of ether oxygens (including phenoxy) is 2. The van der Waals surface area contributed by atoms with Crippen LogP contribution in [0.15, 0.2) is 54.7 Å². The molecule has 0 unspecified atom stereocenters. The highest BCUT2D eigenvalue weighted by atomic mass is 16.5. The number of hydrogen-bond donors (Lipinski definition) is 1. The van der Waals surface area contributed by atoms with Gasteiger partial charge in [0.1, 0.15) is 5.75 Å². The predicted molar refractivity (Wildman–Crippen MR) is 108 cm³/mol. The topological polar surface area (TPSA) is 65.4 Å². The summed E-state index contributed by atoms with van der Waals surface area (Å²) < 4.78 is 11.9. The molecule has 6 nitrogen and oxygen atoms in total. The average molecular weight is 379 g/mol. The van der Waals surface area contributed by atoms with E-state index in [-0.39, 0.29) is 12.0 Å². The largest absolute Gasteiger partial charge is 0.497 e. The van der Waals surface area contributed by atoms with Gasteiger partial charge in [0.25, 0.3) is 0 Å². The molecule has 2 aromatic carbocycles. The van der Waals surface area contributed by atoms with Crippen LogP contribution in [0, 0.1) is 6.92 Å². The summed E-state index contributed by atoms with van der Waals surface area (Å²) in [6.45, 7) is 4.87. The maximum absolute atomic E-state index is 11.5. The van der Waals surface area contributed by atoms with Crippen molar-refractivity contribution in [1.82, 2.24) is 15.1 Å². The van der Waals surface area contributed by atoms with Crippen LogP contribution in [0.4, 0.5) is 0 Å². The van der Waals surface area contributed by atoms with E-state index in [0.29, 0.717) is 12.1 Å². The lowest BCUT2D eigenvalue weighted by Crippen LogP contribution is -2.18. The van der Waals surface area contributed by atoms with Gasteiger partial charge in [0.05, 0.1) is 31.7 Å². The Labute approximate surface area is 165 Å². The van der Waals surface area contributed by atoms with Crippen molar-refractivity contribution in [2.24, 2.45) is 0 Å². The minimum Gasteiger partial charge on any atom is -0.497 e. The number of benzene rings is 2. The summed E-state index contributed by atoms with van der Waals surface area (Å²) in [5.41, 5.74) is 4.87. The zero-order valence-corrected chi connectivity index (χ0v) is 16.6.